The molecule has 0 bridgehead atoms. The fraction of sp³-hybridized carbons (Fsp3) is 0.704. The van der Waals surface area contributed by atoms with Crippen molar-refractivity contribution in [3.63, 3.8) is 0 Å². The molecule has 0 radical (unpaired) electrons. The maximum absolute atomic E-state index is 12.2. The summed E-state index contributed by atoms with van der Waals surface area (Å²) < 4.78 is 22.6. The van der Waals surface area contributed by atoms with Crippen molar-refractivity contribution in [2.24, 2.45) is 5.92 Å². The maximum Gasteiger partial charge on any atom is 0.293 e. The molecule has 3 aliphatic rings. The van der Waals surface area contributed by atoms with Crippen LogP contribution in [-0.2, 0) is 28.5 Å². The molecule has 35 heavy (non-hydrogen) atoms. The Morgan fingerprint density at radius 2 is 2.03 bits per heavy atom. The zero-order valence-corrected chi connectivity index (χ0v) is 21.5. The predicted octanol–water partition coefficient (Wildman–Crippen LogP) is 2.99. The third-order valence-electron chi connectivity index (χ3n) is 7.30. The number of hydrogen-bond acceptors (Lipinski definition) is 7. The van der Waals surface area contributed by atoms with Gasteiger partial charge in [-0.25, -0.2) is 0 Å². The van der Waals surface area contributed by atoms with Gasteiger partial charge in [-0.2, -0.15) is 0 Å². The quantitative estimate of drug-likeness (QED) is 0.209. The molecule has 7 unspecified atom stereocenters. The number of epoxide rings is 1. The van der Waals surface area contributed by atoms with E-state index >= 15 is 0 Å². The molecule has 0 aromatic carbocycles. The lowest BCUT2D eigenvalue weighted by Gasteiger charge is -2.39. The van der Waals surface area contributed by atoms with E-state index in [9.17, 15) is 14.7 Å². The van der Waals surface area contributed by atoms with Crippen molar-refractivity contribution in [2.45, 2.75) is 109 Å². The Balaban J connectivity index is 1.48. The van der Waals surface area contributed by atoms with Gasteiger partial charge in [0.25, 0.3) is 6.47 Å². The van der Waals surface area contributed by atoms with Crippen LogP contribution in [0.1, 0.15) is 60.3 Å². The van der Waals surface area contributed by atoms with Crippen molar-refractivity contribution in [1.29, 1.82) is 0 Å². The van der Waals surface area contributed by atoms with Gasteiger partial charge in [0, 0.05) is 12.5 Å². The van der Waals surface area contributed by atoms with Crippen LogP contribution >= 0.6 is 0 Å². The number of aliphatic hydroxyl groups is 1. The van der Waals surface area contributed by atoms with Gasteiger partial charge in [-0.3, -0.25) is 9.59 Å². The van der Waals surface area contributed by atoms with Gasteiger partial charge < -0.3 is 29.4 Å². The lowest BCUT2D eigenvalue weighted by Crippen LogP contribution is -2.50. The lowest BCUT2D eigenvalue weighted by molar-refractivity contribution is -0.133. The summed E-state index contributed by atoms with van der Waals surface area (Å²) in [4.78, 5) is 22.6. The molecule has 2 N–H and O–H groups in total. The number of ether oxygens (including phenoxy) is 4. The van der Waals surface area contributed by atoms with E-state index < -0.39 is 17.8 Å². The molecule has 1 spiro atoms. The largest absolute Gasteiger partial charge is 0.461 e. The summed E-state index contributed by atoms with van der Waals surface area (Å²) in [6.45, 7) is 10.9. The summed E-state index contributed by atoms with van der Waals surface area (Å²) in [5, 5.41) is 13.7. The Labute approximate surface area is 208 Å². The zero-order chi connectivity index (χ0) is 25.6. The fourth-order valence-electron chi connectivity index (χ4n) is 4.84. The van der Waals surface area contributed by atoms with Crippen molar-refractivity contribution >= 4 is 12.4 Å². The molecule has 0 saturated carbocycles. The average molecular weight is 492 g/mol. The molecule has 9 atom stereocenters. The molecule has 3 aliphatic heterocycles. The standard InChI is InChI=1S/C27H41NO7/c1-6-21-14-27(15-33-27)26(31)24(35-21)11-8-17(2)7-10-23-18(3)13-22(20(5)34-23)28-25(30)12-9-19(4)32-16-29/h7-9,11-12,16,18-24,26,31H,6,10,13-15H2,1-5H3,(H,28,30)/b11-8+,12-9-,17-7+/t18?,19?,20?,21-,22?,23?,24?,26-,27?/m1/s1. The maximum atomic E-state index is 12.2. The zero-order valence-electron chi connectivity index (χ0n) is 21.5. The van der Waals surface area contributed by atoms with E-state index in [2.05, 4.69) is 25.2 Å². The van der Waals surface area contributed by atoms with E-state index in [1.807, 2.05) is 26.0 Å². The Morgan fingerprint density at radius 1 is 1.29 bits per heavy atom. The minimum atomic E-state index is -0.639. The molecule has 0 aliphatic carbocycles. The summed E-state index contributed by atoms with van der Waals surface area (Å²) in [5.74, 6) is 0.0423. The van der Waals surface area contributed by atoms with E-state index in [-0.39, 0.29) is 42.3 Å². The van der Waals surface area contributed by atoms with Crippen LogP contribution in [0, 0.1) is 5.92 Å². The van der Waals surface area contributed by atoms with Crippen LogP contribution in [0.2, 0.25) is 0 Å². The van der Waals surface area contributed by atoms with Crippen LogP contribution < -0.4 is 5.32 Å². The monoisotopic (exact) mass is 491 g/mol. The van der Waals surface area contributed by atoms with Gasteiger partial charge in [0.15, 0.2) is 0 Å². The SMILES string of the molecule is CC[C@@H]1CC2(CO2)[C@H](O)C(/C=C/C(C)=C/CC2OC(C)C(NC(=O)/C=C\C(C)OC=O)CC2C)O1. The van der Waals surface area contributed by atoms with Gasteiger partial charge in [0.1, 0.15) is 23.9 Å². The van der Waals surface area contributed by atoms with Gasteiger partial charge in [0.05, 0.1) is 31.0 Å². The van der Waals surface area contributed by atoms with Crippen LogP contribution in [-0.4, -0.2) is 72.4 Å². The summed E-state index contributed by atoms with van der Waals surface area (Å²) >= 11 is 0. The second kappa shape index (κ2) is 12.3. The number of allylic oxidation sites excluding steroid dienone is 2. The molecule has 8 heteroatoms. The number of aliphatic hydroxyl groups excluding tert-OH is 1. The molecule has 8 nitrogen and oxygen atoms in total. The topological polar surface area (TPSA) is 107 Å². The van der Waals surface area contributed by atoms with Crippen LogP contribution in [0.5, 0.6) is 0 Å². The van der Waals surface area contributed by atoms with Crippen LogP contribution in [0.25, 0.3) is 0 Å². The molecule has 3 fully saturated rings. The number of carbonyl (C=O) groups is 2. The first-order valence-electron chi connectivity index (χ1n) is 12.7. The van der Waals surface area contributed by atoms with E-state index in [1.54, 1.807) is 13.0 Å². The van der Waals surface area contributed by atoms with Gasteiger partial charge in [-0.15, -0.1) is 0 Å². The van der Waals surface area contributed by atoms with Crippen molar-refractivity contribution in [3.05, 3.63) is 36.0 Å². The highest BCUT2D eigenvalue weighted by molar-refractivity contribution is 5.87. The highest BCUT2D eigenvalue weighted by Gasteiger charge is 2.57. The van der Waals surface area contributed by atoms with Crippen molar-refractivity contribution in [3.8, 4) is 0 Å². The van der Waals surface area contributed by atoms with Crippen molar-refractivity contribution in [1.82, 2.24) is 5.32 Å². The Bertz CT molecular complexity index is 818. The van der Waals surface area contributed by atoms with Crippen LogP contribution in [0.4, 0.5) is 0 Å². The summed E-state index contributed by atoms with van der Waals surface area (Å²) in [5.41, 5.74) is 0.664. The Hall–Kier alpha value is -2.00. The first kappa shape index (κ1) is 27.6. The van der Waals surface area contributed by atoms with Crippen LogP contribution in [0.3, 0.4) is 0 Å². The highest BCUT2D eigenvalue weighted by atomic mass is 16.6. The van der Waals surface area contributed by atoms with E-state index in [0.717, 1.165) is 31.3 Å². The molecule has 3 heterocycles. The molecule has 196 valence electrons. The smallest absolute Gasteiger partial charge is 0.293 e. The third kappa shape index (κ3) is 7.49. The second-order valence-electron chi connectivity index (χ2n) is 10.2. The van der Waals surface area contributed by atoms with Crippen molar-refractivity contribution < 1.29 is 33.6 Å². The number of amides is 1. The Kier molecular flexibility index (Phi) is 9.69. The van der Waals surface area contributed by atoms with E-state index in [1.165, 1.54) is 6.08 Å². The normalized spacial score (nSPS) is 38.6. The molecule has 0 aromatic rings. The minimum Gasteiger partial charge on any atom is -0.461 e. The summed E-state index contributed by atoms with van der Waals surface area (Å²) in [6, 6.07) is -0.0842. The molecule has 3 saturated heterocycles. The van der Waals surface area contributed by atoms with Gasteiger partial charge in [-0.1, -0.05) is 37.6 Å². The number of hydrogen-bond donors (Lipinski definition) is 2. The third-order valence-corrected chi connectivity index (χ3v) is 7.30. The number of nitrogens with one attached hydrogen (secondary N) is 1. The highest BCUT2D eigenvalue weighted by Crippen LogP contribution is 2.43. The van der Waals surface area contributed by atoms with Gasteiger partial charge >= 0.3 is 0 Å². The number of carbonyl (C=O) groups excluding carboxylic acids is 2. The van der Waals surface area contributed by atoms with E-state index in [0.29, 0.717) is 13.1 Å². The van der Waals surface area contributed by atoms with Crippen LogP contribution in [0.15, 0.2) is 36.0 Å². The Morgan fingerprint density at radius 3 is 2.69 bits per heavy atom. The summed E-state index contributed by atoms with van der Waals surface area (Å²) in [7, 11) is 0. The lowest BCUT2D eigenvalue weighted by atomic mass is 9.87. The fourth-order valence-corrected chi connectivity index (χ4v) is 4.84. The van der Waals surface area contributed by atoms with Gasteiger partial charge in [0.2, 0.25) is 5.91 Å². The average Bonchev–Trinajstić information content (AvgIpc) is 3.60. The first-order valence-corrected chi connectivity index (χ1v) is 12.7. The van der Waals surface area contributed by atoms with Gasteiger partial charge in [-0.05, 0) is 52.0 Å². The molecule has 0 aromatic heterocycles. The first-order chi connectivity index (χ1) is 16.7. The number of rotatable bonds is 10. The molecule has 3 rings (SSSR count). The summed E-state index contributed by atoms with van der Waals surface area (Å²) in [6.07, 6.45) is 10.9. The second-order valence-corrected chi connectivity index (χ2v) is 10.2. The predicted molar refractivity (Wildman–Crippen MR) is 132 cm³/mol. The molecule has 1 amide bonds. The molecular formula is C27H41NO7. The van der Waals surface area contributed by atoms with E-state index in [4.69, 9.17) is 18.9 Å². The minimum absolute atomic E-state index is 0.0576. The molecular weight excluding hydrogens is 450 g/mol. The van der Waals surface area contributed by atoms with Crippen molar-refractivity contribution in [2.75, 3.05) is 6.61 Å².